The van der Waals surface area contributed by atoms with E-state index in [4.69, 9.17) is 9.84 Å². The van der Waals surface area contributed by atoms with Crippen LogP contribution in [0.4, 0.5) is 0 Å². The van der Waals surface area contributed by atoms with Gasteiger partial charge in [0, 0.05) is 0 Å². The Morgan fingerprint density at radius 3 is 2.20 bits per heavy atom. The van der Waals surface area contributed by atoms with Crippen molar-refractivity contribution in [1.82, 2.24) is 0 Å². The van der Waals surface area contributed by atoms with E-state index in [0.717, 1.165) is 6.42 Å². The minimum Gasteiger partial charge on any atom is -0.480 e. The van der Waals surface area contributed by atoms with E-state index in [9.17, 15) is 9.59 Å². The maximum absolute atomic E-state index is 11.3. The molecule has 0 bridgehead atoms. The summed E-state index contributed by atoms with van der Waals surface area (Å²) in [6, 6.07) is 0. The van der Waals surface area contributed by atoms with Gasteiger partial charge in [0.25, 0.3) is 0 Å². The van der Waals surface area contributed by atoms with Crippen molar-refractivity contribution in [2.24, 2.45) is 5.92 Å². The zero-order valence-electron chi connectivity index (χ0n) is 8.71. The zero-order valence-corrected chi connectivity index (χ0v) is 10.5. The Labute approximate surface area is 100 Å². The van der Waals surface area contributed by atoms with Gasteiger partial charge in [0.05, 0.1) is 6.61 Å². The highest BCUT2D eigenvalue weighted by atomic mass is 32.1. The highest BCUT2D eigenvalue weighted by Gasteiger charge is 2.28. The normalized spacial score (nSPS) is 14.7. The summed E-state index contributed by atoms with van der Waals surface area (Å²) < 4.78 is 4.86. The van der Waals surface area contributed by atoms with Crippen LogP contribution in [0, 0.1) is 5.92 Å². The zero-order chi connectivity index (χ0) is 12.0. The first-order chi connectivity index (χ1) is 6.86. The Morgan fingerprint density at radius 1 is 1.27 bits per heavy atom. The first-order valence-corrected chi connectivity index (χ1v) is 5.65. The van der Waals surface area contributed by atoms with Crippen molar-refractivity contribution in [3.05, 3.63) is 0 Å². The lowest BCUT2D eigenvalue weighted by Gasteiger charge is -2.14. The number of carbonyl (C=O) groups is 2. The highest BCUT2D eigenvalue weighted by molar-refractivity contribution is 7.86. The van der Waals surface area contributed by atoms with Crippen LogP contribution >= 0.6 is 25.3 Å². The number of thiol groups is 2. The third-order valence-corrected chi connectivity index (χ3v) is 3.00. The molecular weight excluding hydrogens is 236 g/mol. The van der Waals surface area contributed by atoms with Crippen LogP contribution in [-0.4, -0.2) is 34.2 Å². The van der Waals surface area contributed by atoms with Gasteiger partial charge in [-0.3, -0.25) is 9.59 Å². The average Bonchev–Trinajstić information content (AvgIpc) is 2.14. The molecule has 1 N–H and O–H groups in total. The average molecular weight is 252 g/mol. The lowest BCUT2D eigenvalue weighted by molar-refractivity contribution is -0.146. The van der Waals surface area contributed by atoms with E-state index in [-0.39, 0.29) is 6.61 Å². The van der Waals surface area contributed by atoms with Crippen molar-refractivity contribution >= 4 is 37.2 Å². The Bertz CT molecular complexity index is 230. The molecule has 0 unspecified atom stereocenters. The number of esters is 1. The predicted octanol–water partition coefficient (Wildman–Crippen LogP) is 1.26. The summed E-state index contributed by atoms with van der Waals surface area (Å²) in [5.41, 5.74) is 0. The van der Waals surface area contributed by atoms with E-state index in [1.165, 1.54) is 0 Å². The molecule has 0 saturated carbocycles. The first kappa shape index (κ1) is 14.6. The second kappa shape index (κ2) is 7.00. The molecule has 2 atom stereocenters. The van der Waals surface area contributed by atoms with E-state index in [0.29, 0.717) is 5.92 Å². The van der Waals surface area contributed by atoms with Crippen molar-refractivity contribution in [3.63, 3.8) is 0 Å². The number of hydrogen-bond acceptors (Lipinski definition) is 5. The summed E-state index contributed by atoms with van der Waals surface area (Å²) in [7, 11) is 0. The number of carbonyl (C=O) groups excluding carboxylic acids is 1. The van der Waals surface area contributed by atoms with Crippen molar-refractivity contribution in [3.8, 4) is 0 Å². The maximum Gasteiger partial charge on any atom is 0.320 e. The molecule has 0 aromatic carbocycles. The topological polar surface area (TPSA) is 63.6 Å². The quantitative estimate of drug-likeness (QED) is 0.492. The highest BCUT2D eigenvalue weighted by Crippen LogP contribution is 2.12. The van der Waals surface area contributed by atoms with Gasteiger partial charge in [-0.2, -0.15) is 25.3 Å². The van der Waals surface area contributed by atoms with Gasteiger partial charge in [0.2, 0.25) is 0 Å². The summed E-state index contributed by atoms with van der Waals surface area (Å²) in [4.78, 5) is 21.8. The van der Waals surface area contributed by atoms with Gasteiger partial charge >= 0.3 is 11.9 Å². The van der Waals surface area contributed by atoms with Crippen LogP contribution in [0.1, 0.15) is 20.3 Å². The first-order valence-electron chi connectivity index (χ1n) is 4.61. The number of rotatable bonds is 6. The van der Waals surface area contributed by atoms with E-state index >= 15 is 0 Å². The van der Waals surface area contributed by atoms with Crippen molar-refractivity contribution < 1.29 is 19.4 Å². The van der Waals surface area contributed by atoms with Crippen LogP contribution in [0.5, 0.6) is 0 Å². The molecule has 0 heterocycles. The van der Waals surface area contributed by atoms with Gasteiger partial charge in [-0.25, -0.2) is 0 Å². The molecule has 0 aliphatic heterocycles. The number of hydrogen-bond donors (Lipinski definition) is 3. The number of carboxylic acids is 1. The van der Waals surface area contributed by atoms with Gasteiger partial charge in [-0.05, 0) is 12.3 Å². The molecule has 6 heteroatoms. The van der Waals surface area contributed by atoms with Crippen LogP contribution in [0.25, 0.3) is 0 Å². The molecule has 4 nitrogen and oxygen atoms in total. The van der Waals surface area contributed by atoms with E-state index < -0.39 is 22.4 Å². The third kappa shape index (κ3) is 5.94. The summed E-state index contributed by atoms with van der Waals surface area (Å²) in [6.07, 6.45) is 0.747. The predicted molar refractivity (Wildman–Crippen MR) is 63.6 cm³/mol. The van der Waals surface area contributed by atoms with Gasteiger partial charge in [-0.15, -0.1) is 0 Å². The second-order valence-electron chi connectivity index (χ2n) is 3.58. The summed E-state index contributed by atoms with van der Waals surface area (Å²) >= 11 is 7.60. The van der Waals surface area contributed by atoms with Crippen LogP contribution < -0.4 is 0 Å². The number of aliphatic carboxylic acids is 1. The molecule has 0 aliphatic carbocycles. The van der Waals surface area contributed by atoms with Crippen LogP contribution in [0.2, 0.25) is 0 Å². The molecule has 0 aromatic rings. The second-order valence-corrected chi connectivity index (χ2v) is 4.69. The van der Waals surface area contributed by atoms with Crippen molar-refractivity contribution in [2.45, 2.75) is 30.8 Å². The molecule has 0 rings (SSSR count). The maximum atomic E-state index is 11.3. The minimum atomic E-state index is -1.18. The largest absolute Gasteiger partial charge is 0.480 e. The van der Waals surface area contributed by atoms with Gasteiger partial charge in [0.15, 0.2) is 0 Å². The fourth-order valence-corrected chi connectivity index (χ4v) is 1.07. The van der Waals surface area contributed by atoms with E-state index in [1.54, 1.807) is 0 Å². The fourth-order valence-electron chi connectivity index (χ4n) is 0.745. The van der Waals surface area contributed by atoms with Gasteiger partial charge < -0.3 is 9.84 Å². The number of carboxylic acid groups (broad SMARTS) is 1. The van der Waals surface area contributed by atoms with Gasteiger partial charge in [-0.1, -0.05) is 13.8 Å². The standard InChI is InChI=1S/C9H16O4S2/c1-5(2)3-4-13-9(12)7(15)6(14)8(10)11/h5-7,14-15H,3-4H2,1-2H3,(H,10,11)/t6-,7-/m0/s1. The Kier molecular flexibility index (Phi) is 6.84. The van der Waals surface area contributed by atoms with E-state index in [1.807, 2.05) is 13.8 Å². The third-order valence-electron chi connectivity index (χ3n) is 1.73. The lowest BCUT2D eigenvalue weighted by atomic mass is 10.1. The lowest BCUT2D eigenvalue weighted by Crippen LogP contribution is -2.33. The SMILES string of the molecule is CC(C)CCOC(=O)[C@@H](S)[C@H](S)C(=O)O. The summed E-state index contributed by atoms with van der Waals surface area (Å²) in [5.74, 6) is -1.39. The summed E-state index contributed by atoms with van der Waals surface area (Å²) in [5, 5.41) is 6.41. The van der Waals surface area contributed by atoms with Crippen molar-refractivity contribution in [2.75, 3.05) is 6.61 Å². The number of ether oxygens (including phenoxy) is 1. The van der Waals surface area contributed by atoms with E-state index in [2.05, 4.69) is 25.3 Å². The monoisotopic (exact) mass is 252 g/mol. The summed E-state index contributed by atoms with van der Waals surface area (Å²) in [6.45, 7) is 4.29. The van der Waals surface area contributed by atoms with Crippen LogP contribution in [-0.2, 0) is 14.3 Å². The van der Waals surface area contributed by atoms with Crippen LogP contribution in [0.15, 0.2) is 0 Å². The fraction of sp³-hybridized carbons (Fsp3) is 0.778. The van der Waals surface area contributed by atoms with Crippen LogP contribution in [0.3, 0.4) is 0 Å². The molecular formula is C9H16O4S2. The van der Waals surface area contributed by atoms with Crippen molar-refractivity contribution in [1.29, 1.82) is 0 Å². The Hall–Kier alpha value is -0.360. The molecule has 0 fully saturated rings. The molecule has 15 heavy (non-hydrogen) atoms. The minimum absolute atomic E-state index is 0.285. The molecule has 0 saturated heterocycles. The molecule has 88 valence electrons. The molecule has 0 radical (unpaired) electrons. The smallest absolute Gasteiger partial charge is 0.320 e. The molecule has 0 amide bonds. The molecule has 0 aliphatic rings. The Balaban J connectivity index is 3.94. The van der Waals surface area contributed by atoms with Gasteiger partial charge in [0.1, 0.15) is 10.5 Å². The molecule has 0 aromatic heterocycles. The molecule has 0 spiro atoms. The Morgan fingerprint density at radius 2 is 1.80 bits per heavy atom.